The fraction of sp³-hybridized carbons (Fsp3) is 0.292. The van der Waals surface area contributed by atoms with Crippen molar-refractivity contribution in [2.24, 2.45) is 0 Å². The average Bonchev–Trinajstić information content (AvgIpc) is 3.42. The fourth-order valence-corrected chi connectivity index (χ4v) is 6.56. The van der Waals surface area contributed by atoms with Gasteiger partial charge in [0.1, 0.15) is 24.6 Å². The van der Waals surface area contributed by atoms with Gasteiger partial charge in [0, 0.05) is 30.2 Å². The number of carbonyl (C=O) groups excluding carboxylic acids is 1. The Morgan fingerprint density at radius 1 is 1.16 bits per heavy atom. The van der Waals surface area contributed by atoms with Crippen molar-refractivity contribution in [3.8, 4) is 5.75 Å². The molecule has 2 heterocycles. The Labute approximate surface area is 214 Å². The van der Waals surface area contributed by atoms with Crippen LogP contribution in [-0.4, -0.2) is 59.0 Å². The molecule has 0 spiro atoms. The molecule has 13 heteroatoms. The van der Waals surface area contributed by atoms with Crippen molar-refractivity contribution in [2.75, 3.05) is 35.5 Å². The van der Waals surface area contributed by atoms with E-state index in [1.54, 1.807) is 18.2 Å². The van der Waals surface area contributed by atoms with E-state index in [0.717, 1.165) is 11.8 Å². The minimum Gasteiger partial charge on any atom is -0.487 e. The van der Waals surface area contributed by atoms with Gasteiger partial charge in [0.2, 0.25) is 10.0 Å². The molecule has 2 aliphatic rings. The van der Waals surface area contributed by atoms with Crippen LogP contribution >= 0.6 is 0 Å². The lowest BCUT2D eigenvalue weighted by atomic mass is 10.1. The molecule has 0 bridgehead atoms. The number of anilines is 2. The maximum absolute atomic E-state index is 16.0. The van der Waals surface area contributed by atoms with Crippen LogP contribution in [-0.2, 0) is 31.6 Å². The second kappa shape index (κ2) is 9.47. The zero-order valence-corrected chi connectivity index (χ0v) is 21.5. The van der Waals surface area contributed by atoms with Gasteiger partial charge in [-0.2, -0.15) is 8.42 Å². The third kappa shape index (κ3) is 5.20. The third-order valence-corrected chi connectivity index (χ3v) is 8.96. The highest BCUT2D eigenvalue weighted by atomic mass is 32.2. The largest absolute Gasteiger partial charge is 0.487 e. The molecule has 37 heavy (non-hydrogen) atoms. The summed E-state index contributed by atoms with van der Waals surface area (Å²) < 4.78 is 74.7. The van der Waals surface area contributed by atoms with Gasteiger partial charge in [0.25, 0.3) is 5.91 Å². The summed E-state index contributed by atoms with van der Waals surface area (Å²) in [4.78, 5) is 11.9. The van der Waals surface area contributed by atoms with Gasteiger partial charge in [-0.15, -0.1) is 0 Å². The molecule has 2 N–H and O–H groups in total. The topological polar surface area (TPSA) is 125 Å². The maximum atomic E-state index is 16.0. The molecule has 0 aromatic heterocycles. The summed E-state index contributed by atoms with van der Waals surface area (Å²) in [5.74, 6) is -1.65. The van der Waals surface area contributed by atoms with Crippen molar-refractivity contribution in [3.63, 3.8) is 0 Å². The summed E-state index contributed by atoms with van der Waals surface area (Å²) in [5.41, 5.74) is 0.990. The first-order valence-corrected chi connectivity index (χ1v) is 14.8. The van der Waals surface area contributed by atoms with Crippen LogP contribution in [0, 0.1) is 5.82 Å². The zero-order chi connectivity index (χ0) is 26.4. The van der Waals surface area contributed by atoms with Crippen LogP contribution in [0.4, 0.5) is 15.8 Å². The highest BCUT2D eigenvalue weighted by molar-refractivity contribution is 7.92. The SMILES string of the molecule is CS(=O)(=O)N1CC[C@@H](Nc2ccc3cc(OCc4ccccc4)c(N4CC(=O)NS4(=O)=O)c(F)c3c2)C1. The number of ether oxygens (including phenoxy) is 1. The first-order chi connectivity index (χ1) is 17.5. The molecule has 1 atom stereocenters. The van der Waals surface area contributed by atoms with Crippen LogP contribution in [0.3, 0.4) is 0 Å². The number of hydrogen-bond donors (Lipinski definition) is 2. The number of hydrogen-bond acceptors (Lipinski definition) is 7. The summed E-state index contributed by atoms with van der Waals surface area (Å²) in [6, 6.07) is 15.5. The van der Waals surface area contributed by atoms with Crippen molar-refractivity contribution in [1.82, 2.24) is 9.03 Å². The maximum Gasteiger partial charge on any atom is 0.326 e. The van der Waals surface area contributed by atoms with E-state index in [2.05, 4.69) is 5.32 Å². The number of amides is 1. The van der Waals surface area contributed by atoms with E-state index in [4.69, 9.17) is 4.74 Å². The van der Waals surface area contributed by atoms with Gasteiger partial charge in [-0.25, -0.2) is 26.1 Å². The number of nitrogens with zero attached hydrogens (tertiary/aromatic N) is 2. The minimum absolute atomic E-state index is 0.0192. The fourth-order valence-electron chi connectivity index (χ4n) is 4.51. The van der Waals surface area contributed by atoms with Gasteiger partial charge < -0.3 is 10.1 Å². The Hall–Kier alpha value is -3.42. The van der Waals surface area contributed by atoms with E-state index in [0.29, 0.717) is 28.3 Å². The Morgan fingerprint density at radius 2 is 1.92 bits per heavy atom. The summed E-state index contributed by atoms with van der Waals surface area (Å²) >= 11 is 0. The molecule has 2 saturated heterocycles. The lowest BCUT2D eigenvalue weighted by Crippen LogP contribution is -2.31. The lowest BCUT2D eigenvalue weighted by molar-refractivity contribution is -0.117. The predicted octanol–water partition coefficient (Wildman–Crippen LogP) is 2.18. The van der Waals surface area contributed by atoms with Crippen molar-refractivity contribution in [2.45, 2.75) is 19.1 Å². The second-order valence-electron chi connectivity index (χ2n) is 9.04. The van der Waals surface area contributed by atoms with Gasteiger partial charge in [0.15, 0.2) is 5.82 Å². The monoisotopic (exact) mass is 548 g/mol. The average molecular weight is 549 g/mol. The molecule has 0 radical (unpaired) electrons. The normalized spacial score (nSPS) is 19.8. The minimum atomic E-state index is -4.30. The van der Waals surface area contributed by atoms with Crippen LogP contribution < -0.4 is 19.1 Å². The molecule has 3 aromatic carbocycles. The molecule has 0 aliphatic carbocycles. The Balaban J connectivity index is 1.52. The molecule has 3 aromatic rings. The van der Waals surface area contributed by atoms with Crippen LogP contribution in [0.5, 0.6) is 5.75 Å². The number of nitrogens with one attached hydrogen (secondary N) is 2. The predicted molar refractivity (Wildman–Crippen MR) is 138 cm³/mol. The van der Waals surface area contributed by atoms with Crippen molar-refractivity contribution >= 4 is 48.3 Å². The number of carbonyl (C=O) groups is 1. The smallest absolute Gasteiger partial charge is 0.326 e. The van der Waals surface area contributed by atoms with Crippen molar-refractivity contribution in [3.05, 3.63) is 66.0 Å². The number of benzene rings is 3. The molecule has 0 unspecified atom stereocenters. The summed E-state index contributed by atoms with van der Waals surface area (Å²) in [7, 11) is -7.61. The highest BCUT2D eigenvalue weighted by Crippen LogP contribution is 2.40. The molecule has 196 valence electrons. The van der Waals surface area contributed by atoms with Crippen LogP contribution in [0.1, 0.15) is 12.0 Å². The second-order valence-corrected chi connectivity index (χ2v) is 12.6. The van der Waals surface area contributed by atoms with E-state index in [1.807, 2.05) is 35.1 Å². The van der Waals surface area contributed by atoms with Crippen molar-refractivity contribution < 1.29 is 30.8 Å². The van der Waals surface area contributed by atoms with Crippen molar-refractivity contribution in [1.29, 1.82) is 0 Å². The Kier molecular flexibility index (Phi) is 6.46. The first-order valence-electron chi connectivity index (χ1n) is 11.5. The van der Waals surface area contributed by atoms with Crippen LogP contribution in [0.15, 0.2) is 54.6 Å². The number of rotatable bonds is 7. The quantitative estimate of drug-likeness (QED) is 0.464. The molecule has 10 nitrogen and oxygen atoms in total. The summed E-state index contributed by atoms with van der Waals surface area (Å²) in [5, 5.41) is 3.83. The van der Waals surface area contributed by atoms with Crippen LogP contribution in [0.25, 0.3) is 10.8 Å². The molecular weight excluding hydrogens is 523 g/mol. The Morgan fingerprint density at radius 3 is 2.57 bits per heavy atom. The number of fused-ring (bicyclic) bond motifs is 1. The van der Waals surface area contributed by atoms with Crippen LogP contribution in [0.2, 0.25) is 0 Å². The first kappa shape index (κ1) is 25.2. The zero-order valence-electron chi connectivity index (χ0n) is 19.8. The Bertz CT molecular complexity index is 1580. The summed E-state index contributed by atoms with van der Waals surface area (Å²) in [6.07, 6.45) is 1.75. The highest BCUT2D eigenvalue weighted by Gasteiger charge is 2.38. The van der Waals surface area contributed by atoms with Gasteiger partial charge in [0.05, 0.1) is 6.26 Å². The third-order valence-electron chi connectivity index (χ3n) is 6.32. The molecular formula is C24H25FN4O6S2. The number of halogens is 1. The van der Waals surface area contributed by atoms with Gasteiger partial charge >= 0.3 is 10.2 Å². The van der Waals surface area contributed by atoms with E-state index in [1.165, 1.54) is 10.4 Å². The van der Waals surface area contributed by atoms with Gasteiger partial charge in [-0.05, 0) is 35.6 Å². The van der Waals surface area contributed by atoms with E-state index in [-0.39, 0.29) is 36.0 Å². The van der Waals surface area contributed by atoms with Gasteiger partial charge in [-0.1, -0.05) is 36.4 Å². The molecule has 2 fully saturated rings. The molecule has 5 rings (SSSR count). The lowest BCUT2D eigenvalue weighted by Gasteiger charge is -2.22. The standard InChI is InChI=1S/C24H25FN4O6S2/c1-36(31,32)28-10-9-19(13-28)26-18-8-7-17-11-21(35-15-16-5-3-2-4-6-16)24(23(25)20(17)12-18)29-14-22(30)27-37(29,33)34/h2-8,11-12,19,26H,9-10,13-15H2,1H3,(H,27,30)/t19-/m1/s1. The molecule has 2 aliphatic heterocycles. The van der Waals surface area contributed by atoms with E-state index >= 15 is 4.39 Å². The van der Waals surface area contributed by atoms with E-state index in [9.17, 15) is 21.6 Å². The van der Waals surface area contributed by atoms with Gasteiger partial charge in [-0.3, -0.25) is 4.79 Å². The number of sulfonamides is 1. The molecule has 1 amide bonds. The van der Waals surface area contributed by atoms with E-state index < -0.39 is 38.5 Å². The summed E-state index contributed by atoms with van der Waals surface area (Å²) in [6.45, 7) is 0.162. The molecule has 0 saturated carbocycles.